The van der Waals surface area contributed by atoms with Crippen molar-refractivity contribution >= 4 is 9.84 Å². The van der Waals surface area contributed by atoms with Crippen molar-refractivity contribution in [3.63, 3.8) is 0 Å². The first kappa shape index (κ1) is 13.2. The molecule has 4 heteroatoms. The summed E-state index contributed by atoms with van der Waals surface area (Å²) in [7, 11) is -3.19. The van der Waals surface area contributed by atoms with Crippen LogP contribution in [0.2, 0.25) is 0 Å². The molecule has 0 heterocycles. The highest BCUT2D eigenvalue weighted by Gasteiger charge is 2.14. The second-order valence-electron chi connectivity index (χ2n) is 4.37. The van der Waals surface area contributed by atoms with Crippen LogP contribution in [0.4, 0.5) is 4.39 Å². The molecule has 1 aromatic carbocycles. The van der Waals surface area contributed by atoms with E-state index in [0.717, 1.165) is 0 Å². The zero-order chi connectivity index (χ0) is 12.2. The van der Waals surface area contributed by atoms with E-state index in [-0.39, 0.29) is 17.1 Å². The van der Waals surface area contributed by atoms with Crippen LogP contribution in [0.25, 0.3) is 0 Å². The van der Waals surface area contributed by atoms with Gasteiger partial charge in [-0.3, -0.25) is 0 Å². The predicted molar refractivity (Wildman–Crippen MR) is 63.3 cm³/mol. The monoisotopic (exact) mass is 244 g/mol. The number of rotatable bonds is 5. The number of hydrogen-bond acceptors (Lipinski definition) is 2. The lowest BCUT2D eigenvalue weighted by molar-refractivity contribution is 0.569. The van der Waals surface area contributed by atoms with Gasteiger partial charge < -0.3 is 0 Å². The number of hydrogen-bond donors (Lipinski definition) is 0. The van der Waals surface area contributed by atoms with E-state index in [1.54, 1.807) is 12.1 Å². The molecule has 0 bridgehead atoms. The molecule has 0 saturated carbocycles. The van der Waals surface area contributed by atoms with E-state index < -0.39 is 15.7 Å². The minimum absolute atomic E-state index is 0.124. The van der Waals surface area contributed by atoms with E-state index in [4.69, 9.17) is 0 Å². The Hall–Kier alpha value is -0.900. The predicted octanol–water partition coefficient (Wildman–Crippen LogP) is 2.79. The number of sulfone groups is 1. The highest BCUT2D eigenvalue weighted by molar-refractivity contribution is 7.90. The van der Waals surface area contributed by atoms with Gasteiger partial charge in [-0.05, 0) is 18.4 Å². The van der Waals surface area contributed by atoms with E-state index in [0.29, 0.717) is 12.3 Å². The summed E-state index contributed by atoms with van der Waals surface area (Å²) in [6.07, 6.45) is 0.622. The number of benzene rings is 1. The molecule has 1 aromatic rings. The van der Waals surface area contributed by atoms with Crippen molar-refractivity contribution in [3.05, 3.63) is 35.6 Å². The molecule has 0 spiro atoms. The Balaban J connectivity index is 2.70. The molecular weight excluding hydrogens is 227 g/mol. The zero-order valence-electron chi connectivity index (χ0n) is 9.61. The Bertz CT molecular complexity index is 438. The normalized spacial score (nSPS) is 12.0. The maximum absolute atomic E-state index is 13.3. The van der Waals surface area contributed by atoms with Gasteiger partial charge >= 0.3 is 0 Å². The molecule has 0 atom stereocenters. The highest BCUT2D eigenvalue weighted by atomic mass is 32.2. The summed E-state index contributed by atoms with van der Waals surface area (Å²) >= 11 is 0. The van der Waals surface area contributed by atoms with Crippen LogP contribution in [0.3, 0.4) is 0 Å². The fourth-order valence-electron chi connectivity index (χ4n) is 1.34. The molecule has 0 radical (unpaired) electrons. The Kier molecular flexibility index (Phi) is 4.47. The van der Waals surface area contributed by atoms with Crippen molar-refractivity contribution in [1.82, 2.24) is 0 Å². The zero-order valence-corrected chi connectivity index (χ0v) is 10.4. The molecule has 0 amide bonds. The van der Waals surface area contributed by atoms with Gasteiger partial charge in [-0.25, -0.2) is 12.8 Å². The third-order valence-electron chi connectivity index (χ3n) is 2.34. The molecule has 0 unspecified atom stereocenters. The third-order valence-corrected chi connectivity index (χ3v) is 3.95. The largest absolute Gasteiger partial charge is 0.228 e. The number of halogens is 1. The maximum Gasteiger partial charge on any atom is 0.154 e. The van der Waals surface area contributed by atoms with Gasteiger partial charge in [-0.15, -0.1) is 0 Å². The summed E-state index contributed by atoms with van der Waals surface area (Å²) in [6, 6.07) is 6.01. The summed E-state index contributed by atoms with van der Waals surface area (Å²) < 4.78 is 36.6. The molecule has 0 fully saturated rings. The third kappa shape index (κ3) is 4.31. The van der Waals surface area contributed by atoms with Crippen LogP contribution in [0, 0.1) is 11.7 Å². The first-order valence-corrected chi connectivity index (χ1v) is 7.16. The fraction of sp³-hybridized carbons (Fsp3) is 0.500. The molecule has 0 aliphatic carbocycles. The van der Waals surface area contributed by atoms with E-state index in [9.17, 15) is 12.8 Å². The van der Waals surface area contributed by atoms with Crippen LogP contribution < -0.4 is 0 Å². The van der Waals surface area contributed by atoms with Gasteiger partial charge in [0.2, 0.25) is 0 Å². The smallest absolute Gasteiger partial charge is 0.154 e. The summed E-state index contributed by atoms with van der Waals surface area (Å²) in [5, 5.41) is 0. The van der Waals surface area contributed by atoms with Gasteiger partial charge in [0.05, 0.1) is 11.5 Å². The van der Waals surface area contributed by atoms with Crippen LogP contribution in [-0.4, -0.2) is 14.2 Å². The van der Waals surface area contributed by atoms with Gasteiger partial charge in [0.15, 0.2) is 9.84 Å². The van der Waals surface area contributed by atoms with Gasteiger partial charge in [-0.1, -0.05) is 32.0 Å². The minimum atomic E-state index is -3.19. The van der Waals surface area contributed by atoms with Crippen LogP contribution in [0.5, 0.6) is 0 Å². The van der Waals surface area contributed by atoms with Crippen LogP contribution in [0.15, 0.2) is 24.3 Å². The van der Waals surface area contributed by atoms with E-state index >= 15 is 0 Å². The van der Waals surface area contributed by atoms with E-state index in [2.05, 4.69) is 0 Å². The quantitative estimate of drug-likeness (QED) is 0.798. The summed E-state index contributed by atoms with van der Waals surface area (Å²) in [4.78, 5) is 0. The lowest BCUT2D eigenvalue weighted by atomic mass is 10.2. The minimum Gasteiger partial charge on any atom is -0.228 e. The lowest BCUT2D eigenvalue weighted by Crippen LogP contribution is -2.12. The first-order chi connectivity index (χ1) is 7.41. The van der Waals surface area contributed by atoms with Crippen molar-refractivity contribution in [2.75, 3.05) is 5.75 Å². The van der Waals surface area contributed by atoms with Crippen molar-refractivity contribution in [3.8, 4) is 0 Å². The van der Waals surface area contributed by atoms with Gasteiger partial charge in [0, 0.05) is 5.56 Å². The van der Waals surface area contributed by atoms with Crippen molar-refractivity contribution in [2.24, 2.45) is 5.92 Å². The molecule has 0 aliphatic heterocycles. The second-order valence-corrected chi connectivity index (χ2v) is 6.55. The Morgan fingerprint density at radius 1 is 1.25 bits per heavy atom. The Morgan fingerprint density at radius 3 is 2.44 bits per heavy atom. The van der Waals surface area contributed by atoms with Crippen molar-refractivity contribution in [1.29, 1.82) is 0 Å². The standard InChI is InChI=1S/C12H17FO2S/c1-10(2)7-8-16(14,15)9-11-5-3-4-6-12(11)13/h3-6,10H,7-9H2,1-2H3. The SMILES string of the molecule is CC(C)CCS(=O)(=O)Cc1ccccc1F. The molecule has 1 rings (SSSR count). The molecular formula is C12H17FO2S. The van der Waals surface area contributed by atoms with Gasteiger partial charge in [-0.2, -0.15) is 0 Å². The van der Waals surface area contributed by atoms with Crippen molar-refractivity contribution < 1.29 is 12.8 Å². The highest BCUT2D eigenvalue weighted by Crippen LogP contribution is 2.13. The Morgan fingerprint density at radius 2 is 1.88 bits per heavy atom. The Labute approximate surface area is 96.4 Å². The molecule has 0 aliphatic rings. The molecule has 16 heavy (non-hydrogen) atoms. The van der Waals surface area contributed by atoms with E-state index in [1.165, 1.54) is 12.1 Å². The molecule has 0 saturated heterocycles. The summed E-state index contributed by atoms with van der Waals surface area (Å²) in [5.74, 6) is -0.184. The molecule has 2 nitrogen and oxygen atoms in total. The average molecular weight is 244 g/mol. The van der Waals surface area contributed by atoms with Crippen LogP contribution >= 0.6 is 0 Å². The first-order valence-electron chi connectivity index (χ1n) is 5.34. The average Bonchev–Trinajstić information content (AvgIpc) is 2.19. The fourth-order valence-corrected chi connectivity index (χ4v) is 3.02. The summed E-state index contributed by atoms with van der Waals surface area (Å²) in [5.41, 5.74) is 0.256. The molecule has 90 valence electrons. The second kappa shape index (κ2) is 5.43. The van der Waals surface area contributed by atoms with Crippen LogP contribution in [0.1, 0.15) is 25.8 Å². The van der Waals surface area contributed by atoms with Gasteiger partial charge in [0.1, 0.15) is 5.82 Å². The van der Waals surface area contributed by atoms with Crippen molar-refractivity contribution in [2.45, 2.75) is 26.0 Å². The van der Waals surface area contributed by atoms with Gasteiger partial charge in [0.25, 0.3) is 0 Å². The molecule has 0 aromatic heterocycles. The van der Waals surface area contributed by atoms with Crippen LogP contribution in [-0.2, 0) is 15.6 Å². The topological polar surface area (TPSA) is 34.1 Å². The maximum atomic E-state index is 13.3. The van der Waals surface area contributed by atoms with E-state index in [1.807, 2.05) is 13.8 Å². The molecule has 0 N–H and O–H groups in total. The summed E-state index contributed by atoms with van der Waals surface area (Å²) in [6.45, 7) is 3.94. The lowest BCUT2D eigenvalue weighted by Gasteiger charge is -2.07.